The van der Waals surface area contributed by atoms with Crippen molar-refractivity contribution in [2.24, 2.45) is 5.41 Å². The minimum absolute atomic E-state index is 0.534. The van der Waals surface area contributed by atoms with Gasteiger partial charge in [0.15, 0.2) is 0 Å². The highest BCUT2D eigenvalue weighted by Gasteiger charge is 2.35. The van der Waals surface area contributed by atoms with Gasteiger partial charge in [0.05, 0.1) is 10.7 Å². The number of anilines is 1. The molecule has 0 aromatic heterocycles. The largest absolute Gasteiger partial charge is 0.368 e. The van der Waals surface area contributed by atoms with Gasteiger partial charge in [0.2, 0.25) is 0 Å². The number of benzene rings is 1. The first-order valence-electron chi connectivity index (χ1n) is 8.00. The van der Waals surface area contributed by atoms with Crippen molar-refractivity contribution in [3.05, 3.63) is 29.3 Å². The number of alkyl halides is 1. The molecule has 0 N–H and O–H groups in total. The van der Waals surface area contributed by atoms with E-state index in [1.54, 1.807) is 0 Å². The predicted octanol–water partition coefficient (Wildman–Crippen LogP) is 4.42. The molecule has 1 saturated heterocycles. The second-order valence-electron chi connectivity index (χ2n) is 6.56. The molecular weight excluding hydrogens is 348 g/mol. The van der Waals surface area contributed by atoms with Gasteiger partial charge in [-0.2, -0.15) is 0 Å². The van der Waals surface area contributed by atoms with Crippen molar-refractivity contribution in [2.75, 3.05) is 43.0 Å². The fourth-order valence-corrected chi connectivity index (χ4v) is 4.78. The van der Waals surface area contributed by atoms with Gasteiger partial charge in [-0.25, -0.2) is 0 Å². The zero-order valence-electron chi connectivity index (χ0n) is 12.5. The van der Waals surface area contributed by atoms with Gasteiger partial charge in [0, 0.05) is 38.1 Å². The van der Waals surface area contributed by atoms with Crippen molar-refractivity contribution >= 4 is 33.2 Å². The molecular formula is C17H24BrClN2. The standard InChI is InChI=1S/C17H24BrClN2/c18-13-17(7-3-4-8-17)14-20-9-11-21(12-10-20)16-6-2-1-5-15(16)19/h1-2,5-6H,3-4,7-14H2. The fraction of sp³-hybridized carbons (Fsp3) is 0.647. The molecule has 1 heterocycles. The van der Waals surface area contributed by atoms with E-state index in [9.17, 15) is 0 Å². The molecule has 0 radical (unpaired) electrons. The van der Waals surface area contributed by atoms with Crippen LogP contribution in [0.4, 0.5) is 5.69 Å². The smallest absolute Gasteiger partial charge is 0.0639 e. The van der Waals surface area contributed by atoms with E-state index < -0.39 is 0 Å². The molecule has 1 aliphatic heterocycles. The quantitative estimate of drug-likeness (QED) is 0.723. The van der Waals surface area contributed by atoms with E-state index in [0.717, 1.165) is 36.5 Å². The average Bonchev–Trinajstić information content (AvgIpc) is 2.98. The van der Waals surface area contributed by atoms with E-state index in [4.69, 9.17) is 11.6 Å². The Morgan fingerprint density at radius 1 is 1.05 bits per heavy atom. The van der Waals surface area contributed by atoms with Gasteiger partial charge in [-0.1, -0.05) is 52.5 Å². The normalized spacial score (nSPS) is 22.7. The van der Waals surface area contributed by atoms with Crippen LogP contribution < -0.4 is 4.90 Å². The van der Waals surface area contributed by atoms with Gasteiger partial charge in [0.25, 0.3) is 0 Å². The van der Waals surface area contributed by atoms with Gasteiger partial charge in [-0.15, -0.1) is 0 Å². The first kappa shape index (κ1) is 15.6. The summed E-state index contributed by atoms with van der Waals surface area (Å²) in [7, 11) is 0. The Morgan fingerprint density at radius 2 is 1.71 bits per heavy atom. The first-order chi connectivity index (χ1) is 10.2. The summed E-state index contributed by atoms with van der Waals surface area (Å²) in [5.74, 6) is 0. The third-order valence-corrected chi connectivity index (χ3v) is 6.58. The fourth-order valence-electron chi connectivity index (χ4n) is 3.79. The van der Waals surface area contributed by atoms with Crippen molar-refractivity contribution in [3.63, 3.8) is 0 Å². The molecule has 0 bridgehead atoms. The number of piperazine rings is 1. The van der Waals surface area contributed by atoms with E-state index >= 15 is 0 Å². The number of nitrogens with zero attached hydrogens (tertiary/aromatic N) is 2. The topological polar surface area (TPSA) is 6.48 Å². The molecule has 21 heavy (non-hydrogen) atoms. The van der Waals surface area contributed by atoms with Crippen LogP contribution in [-0.2, 0) is 0 Å². The van der Waals surface area contributed by atoms with Crippen molar-refractivity contribution in [2.45, 2.75) is 25.7 Å². The van der Waals surface area contributed by atoms with Crippen molar-refractivity contribution < 1.29 is 0 Å². The molecule has 2 fully saturated rings. The van der Waals surface area contributed by atoms with Crippen molar-refractivity contribution in [1.29, 1.82) is 0 Å². The highest BCUT2D eigenvalue weighted by molar-refractivity contribution is 9.09. The van der Waals surface area contributed by atoms with Gasteiger partial charge >= 0.3 is 0 Å². The molecule has 0 spiro atoms. The summed E-state index contributed by atoms with van der Waals surface area (Å²) in [6.07, 6.45) is 5.60. The van der Waals surface area contributed by atoms with E-state index in [2.05, 4.69) is 37.9 Å². The Kier molecular flexibility index (Phi) is 5.13. The third kappa shape index (κ3) is 3.57. The highest BCUT2D eigenvalue weighted by atomic mass is 79.9. The van der Waals surface area contributed by atoms with Crippen molar-refractivity contribution in [3.8, 4) is 0 Å². The lowest BCUT2D eigenvalue weighted by molar-refractivity contribution is 0.164. The number of hydrogen-bond acceptors (Lipinski definition) is 2. The van der Waals surface area contributed by atoms with Crippen LogP contribution in [0.25, 0.3) is 0 Å². The van der Waals surface area contributed by atoms with Crippen LogP contribution in [0, 0.1) is 5.41 Å². The summed E-state index contributed by atoms with van der Waals surface area (Å²) >= 11 is 10.1. The first-order valence-corrected chi connectivity index (χ1v) is 9.50. The van der Waals surface area contributed by atoms with Crippen molar-refractivity contribution in [1.82, 2.24) is 4.90 Å². The van der Waals surface area contributed by atoms with Gasteiger partial charge < -0.3 is 4.90 Å². The zero-order valence-corrected chi connectivity index (χ0v) is 14.9. The number of halogens is 2. The summed E-state index contributed by atoms with van der Waals surface area (Å²) in [6, 6.07) is 8.20. The zero-order chi connectivity index (χ0) is 14.7. The molecule has 3 rings (SSSR count). The van der Waals surface area contributed by atoms with E-state index in [0.29, 0.717) is 5.41 Å². The lowest BCUT2D eigenvalue weighted by atomic mass is 9.88. The van der Waals surface area contributed by atoms with E-state index in [-0.39, 0.29) is 0 Å². The molecule has 1 aromatic rings. The summed E-state index contributed by atoms with van der Waals surface area (Å²) in [5.41, 5.74) is 1.72. The van der Waals surface area contributed by atoms with Crippen LogP contribution in [0.3, 0.4) is 0 Å². The summed E-state index contributed by atoms with van der Waals surface area (Å²) in [5, 5.41) is 2.03. The number of para-hydroxylation sites is 1. The van der Waals surface area contributed by atoms with E-state index in [1.165, 1.54) is 37.9 Å². The molecule has 2 nitrogen and oxygen atoms in total. The molecule has 4 heteroatoms. The highest BCUT2D eigenvalue weighted by Crippen LogP contribution is 2.40. The maximum atomic E-state index is 6.31. The monoisotopic (exact) mass is 370 g/mol. The summed E-state index contributed by atoms with van der Waals surface area (Å²) < 4.78 is 0. The van der Waals surface area contributed by atoms with Crippen LogP contribution in [0.2, 0.25) is 5.02 Å². The molecule has 1 aliphatic carbocycles. The Labute approximate surface area is 141 Å². The average molecular weight is 372 g/mol. The van der Waals surface area contributed by atoms with Crippen LogP contribution >= 0.6 is 27.5 Å². The molecule has 116 valence electrons. The third-order valence-electron chi connectivity index (χ3n) is 5.07. The second kappa shape index (κ2) is 6.89. The van der Waals surface area contributed by atoms with Crippen LogP contribution in [-0.4, -0.2) is 43.0 Å². The summed E-state index contributed by atoms with van der Waals surface area (Å²) in [6.45, 7) is 5.73. The maximum absolute atomic E-state index is 6.31. The lowest BCUT2D eigenvalue weighted by Gasteiger charge is -2.40. The summed E-state index contributed by atoms with van der Waals surface area (Å²) in [4.78, 5) is 5.08. The molecule has 0 atom stereocenters. The van der Waals surface area contributed by atoms with Gasteiger partial charge in [0.1, 0.15) is 0 Å². The Hall–Kier alpha value is -0.250. The molecule has 1 saturated carbocycles. The molecule has 0 amide bonds. The minimum Gasteiger partial charge on any atom is -0.368 e. The minimum atomic E-state index is 0.534. The Bertz CT molecular complexity index is 466. The number of hydrogen-bond donors (Lipinski definition) is 0. The van der Waals surface area contributed by atoms with Gasteiger partial charge in [-0.3, -0.25) is 4.90 Å². The molecule has 1 aromatic carbocycles. The predicted molar refractivity (Wildman–Crippen MR) is 94.8 cm³/mol. The Balaban J connectivity index is 1.57. The SMILES string of the molecule is Clc1ccccc1N1CCN(CC2(CBr)CCCC2)CC1. The van der Waals surface area contributed by atoms with Gasteiger partial charge in [-0.05, 0) is 30.4 Å². The van der Waals surface area contributed by atoms with Crippen LogP contribution in [0.15, 0.2) is 24.3 Å². The second-order valence-corrected chi connectivity index (χ2v) is 7.52. The molecule has 0 unspecified atom stereocenters. The van der Waals surface area contributed by atoms with E-state index in [1.807, 2.05) is 12.1 Å². The Morgan fingerprint density at radius 3 is 2.33 bits per heavy atom. The van der Waals surface area contributed by atoms with Crippen LogP contribution in [0.5, 0.6) is 0 Å². The van der Waals surface area contributed by atoms with Crippen LogP contribution in [0.1, 0.15) is 25.7 Å². The lowest BCUT2D eigenvalue weighted by Crippen LogP contribution is -2.50. The number of rotatable bonds is 4. The maximum Gasteiger partial charge on any atom is 0.0639 e. The molecule has 2 aliphatic rings.